The van der Waals surface area contributed by atoms with E-state index >= 15 is 0 Å². The molecule has 4 heteroatoms. The molecule has 3 nitrogen and oxygen atoms in total. The fourth-order valence-electron chi connectivity index (χ4n) is 2.71. The number of rotatable bonds is 2. The molecule has 3 rings (SSSR count). The Bertz CT molecular complexity index is 615. The molecule has 2 aromatic rings. The third-order valence-corrected chi connectivity index (χ3v) is 5.29. The molecule has 0 radical (unpaired) electrons. The molecule has 1 aliphatic heterocycles. The second-order valence-corrected chi connectivity index (χ2v) is 6.38. The fraction of sp³-hybridized carbons (Fsp3) is 0.250. The Morgan fingerprint density at radius 1 is 1.10 bits per heavy atom. The molecule has 0 amide bonds. The normalized spacial score (nSPS) is 21.4. The highest BCUT2D eigenvalue weighted by Crippen LogP contribution is 2.51. The smallest absolute Gasteiger partial charge is 0.161 e. The number of hydrogen-bond donors (Lipinski definition) is 3. The van der Waals surface area contributed by atoms with Gasteiger partial charge in [-0.25, -0.2) is 0 Å². The van der Waals surface area contributed by atoms with Gasteiger partial charge >= 0.3 is 0 Å². The van der Waals surface area contributed by atoms with E-state index in [-0.39, 0.29) is 22.0 Å². The van der Waals surface area contributed by atoms with E-state index in [4.69, 9.17) is 5.73 Å². The third-order valence-electron chi connectivity index (χ3n) is 3.75. The van der Waals surface area contributed by atoms with Gasteiger partial charge in [-0.2, -0.15) is 0 Å². The Labute approximate surface area is 122 Å². The van der Waals surface area contributed by atoms with Crippen molar-refractivity contribution in [3.05, 3.63) is 59.2 Å². The lowest BCUT2D eigenvalue weighted by Gasteiger charge is -2.31. The predicted octanol–water partition coefficient (Wildman–Crippen LogP) is 3.13. The average Bonchev–Trinajstić information content (AvgIpc) is 2.51. The molecule has 1 aliphatic rings. The van der Waals surface area contributed by atoms with Gasteiger partial charge < -0.3 is 15.9 Å². The first-order chi connectivity index (χ1) is 9.70. The second kappa shape index (κ2) is 5.38. The molecule has 0 bridgehead atoms. The summed E-state index contributed by atoms with van der Waals surface area (Å²) >= 11 is 1.82. The Morgan fingerprint density at radius 2 is 1.85 bits per heavy atom. The number of phenolic OH excluding ortho intramolecular Hbond substituents is 2. The Morgan fingerprint density at radius 3 is 2.55 bits per heavy atom. The Kier molecular flexibility index (Phi) is 3.59. The summed E-state index contributed by atoms with van der Waals surface area (Å²) < 4.78 is 0. The lowest BCUT2D eigenvalue weighted by Crippen LogP contribution is -2.18. The maximum Gasteiger partial charge on any atom is 0.161 e. The molecule has 4 N–H and O–H groups in total. The van der Waals surface area contributed by atoms with Crippen LogP contribution in [0.4, 0.5) is 0 Å². The van der Waals surface area contributed by atoms with Crippen LogP contribution in [0.25, 0.3) is 0 Å². The minimum Gasteiger partial charge on any atom is -0.504 e. The van der Waals surface area contributed by atoms with Crippen LogP contribution >= 0.6 is 11.8 Å². The zero-order valence-electron chi connectivity index (χ0n) is 11.0. The van der Waals surface area contributed by atoms with Crippen LogP contribution in [0.15, 0.2) is 42.5 Å². The minimum atomic E-state index is -0.0572. The Balaban J connectivity index is 2.03. The minimum absolute atomic E-state index is 0.00202. The van der Waals surface area contributed by atoms with Crippen LogP contribution in [-0.4, -0.2) is 16.8 Å². The van der Waals surface area contributed by atoms with E-state index in [0.717, 1.165) is 11.1 Å². The first kappa shape index (κ1) is 13.3. The van der Waals surface area contributed by atoms with Gasteiger partial charge in [-0.1, -0.05) is 36.4 Å². The largest absolute Gasteiger partial charge is 0.504 e. The topological polar surface area (TPSA) is 66.5 Å². The number of aromatic hydroxyl groups is 2. The molecule has 20 heavy (non-hydrogen) atoms. The van der Waals surface area contributed by atoms with E-state index in [0.29, 0.717) is 13.0 Å². The van der Waals surface area contributed by atoms with Crippen LogP contribution in [0.5, 0.6) is 11.5 Å². The molecule has 1 heterocycles. The standard InChI is InChI=1S/C16H17NO2S/c17-9-15-11-6-7-13(18)16(19)12(11)8-14(20-15)10-4-2-1-3-5-10/h1-7,14-15,18-19H,8-9,17H2. The predicted molar refractivity (Wildman–Crippen MR) is 82.0 cm³/mol. The van der Waals surface area contributed by atoms with Crippen molar-refractivity contribution in [2.24, 2.45) is 5.73 Å². The average molecular weight is 287 g/mol. The number of fused-ring (bicyclic) bond motifs is 1. The highest BCUT2D eigenvalue weighted by Gasteiger charge is 2.30. The maximum absolute atomic E-state index is 10.1. The number of nitrogens with two attached hydrogens (primary N) is 1. The van der Waals surface area contributed by atoms with Gasteiger partial charge in [0.2, 0.25) is 0 Å². The molecule has 2 unspecified atom stereocenters. The number of phenols is 2. The van der Waals surface area contributed by atoms with Gasteiger partial charge in [0.15, 0.2) is 11.5 Å². The van der Waals surface area contributed by atoms with Crippen LogP contribution in [0.1, 0.15) is 27.2 Å². The zero-order chi connectivity index (χ0) is 14.1. The molecular weight excluding hydrogens is 270 g/mol. The molecule has 2 aromatic carbocycles. The van der Waals surface area contributed by atoms with Crippen LogP contribution in [0.2, 0.25) is 0 Å². The highest BCUT2D eigenvalue weighted by atomic mass is 32.2. The van der Waals surface area contributed by atoms with Gasteiger partial charge in [-0.15, -0.1) is 11.8 Å². The van der Waals surface area contributed by atoms with Gasteiger partial charge in [0.25, 0.3) is 0 Å². The molecule has 104 valence electrons. The summed E-state index contributed by atoms with van der Waals surface area (Å²) in [5.41, 5.74) is 8.98. The van der Waals surface area contributed by atoms with Crippen molar-refractivity contribution in [3.8, 4) is 11.5 Å². The van der Waals surface area contributed by atoms with Crippen molar-refractivity contribution < 1.29 is 10.2 Å². The van der Waals surface area contributed by atoms with Gasteiger partial charge in [0.1, 0.15) is 0 Å². The van der Waals surface area contributed by atoms with Crippen molar-refractivity contribution in [1.29, 1.82) is 0 Å². The van der Waals surface area contributed by atoms with Crippen molar-refractivity contribution in [3.63, 3.8) is 0 Å². The van der Waals surface area contributed by atoms with E-state index in [2.05, 4.69) is 12.1 Å². The molecule has 0 saturated heterocycles. The van der Waals surface area contributed by atoms with Gasteiger partial charge in [0, 0.05) is 22.6 Å². The van der Waals surface area contributed by atoms with Crippen molar-refractivity contribution in [2.75, 3.05) is 6.54 Å². The molecular formula is C16H17NO2S. The molecule has 0 fully saturated rings. The van der Waals surface area contributed by atoms with Gasteiger partial charge in [0.05, 0.1) is 0 Å². The molecule has 0 aliphatic carbocycles. The summed E-state index contributed by atoms with van der Waals surface area (Å²) in [7, 11) is 0. The van der Waals surface area contributed by atoms with Crippen LogP contribution in [0, 0.1) is 0 Å². The summed E-state index contributed by atoms with van der Waals surface area (Å²) in [5, 5.41) is 20.2. The van der Waals surface area contributed by atoms with Crippen LogP contribution in [-0.2, 0) is 6.42 Å². The van der Waals surface area contributed by atoms with Crippen LogP contribution < -0.4 is 5.73 Å². The summed E-state index contributed by atoms with van der Waals surface area (Å²) in [5.74, 6) is -0.0552. The first-order valence-electron chi connectivity index (χ1n) is 6.65. The van der Waals surface area contributed by atoms with E-state index in [1.807, 2.05) is 36.0 Å². The van der Waals surface area contributed by atoms with E-state index in [9.17, 15) is 10.2 Å². The highest BCUT2D eigenvalue weighted by molar-refractivity contribution is 7.99. The summed E-state index contributed by atoms with van der Waals surface area (Å²) in [6, 6.07) is 13.6. The summed E-state index contributed by atoms with van der Waals surface area (Å²) in [6.45, 7) is 0.519. The molecule has 0 saturated carbocycles. The van der Waals surface area contributed by atoms with Crippen molar-refractivity contribution >= 4 is 11.8 Å². The lowest BCUT2D eigenvalue weighted by atomic mass is 9.95. The van der Waals surface area contributed by atoms with E-state index in [1.54, 1.807) is 6.07 Å². The van der Waals surface area contributed by atoms with Crippen molar-refractivity contribution in [1.82, 2.24) is 0 Å². The van der Waals surface area contributed by atoms with Crippen molar-refractivity contribution in [2.45, 2.75) is 16.9 Å². The van der Waals surface area contributed by atoms with Crippen LogP contribution in [0.3, 0.4) is 0 Å². The number of benzene rings is 2. The first-order valence-corrected chi connectivity index (χ1v) is 7.59. The number of hydrogen-bond acceptors (Lipinski definition) is 4. The third kappa shape index (κ3) is 2.25. The zero-order valence-corrected chi connectivity index (χ0v) is 11.8. The SMILES string of the molecule is NCC1SC(c2ccccc2)Cc2c1ccc(O)c2O. The monoisotopic (exact) mass is 287 g/mol. The summed E-state index contributed by atoms with van der Waals surface area (Å²) in [6.07, 6.45) is 0.709. The maximum atomic E-state index is 10.1. The lowest BCUT2D eigenvalue weighted by molar-refractivity contribution is 0.398. The van der Waals surface area contributed by atoms with Gasteiger partial charge in [-0.3, -0.25) is 0 Å². The number of thioether (sulfide) groups is 1. The summed E-state index contributed by atoms with van der Waals surface area (Å²) in [4.78, 5) is 0. The second-order valence-electron chi connectivity index (χ2n) is 4.96. The Hall–Kier alpha value is -1.65. The van der Waals surface area contributed by atoms with E-state index in [1.165, 1.54) is 5.56 Å². The van der Waals surface area contributed by atoms with Gasteiger partial charge in [-0.05, 0) is 23.6 Å². The molecule has 0 spiro atoms. The quantitative estimate of drug-likeness (QED) is 0.742. The molecule has 2 atom stereocenters. The fourth-order valence-corrected chi connectivity index (χ4v) is 4.16. The molecule has 0 aromatic heterocycles. The van der Waals surface area contributed by atoms with E-state index < -0.39 is 0 Å².